The number of nitrogens with one attached hydrogen (secondary N) is 1. The number of amides is 1. The molecular weight excluding hydrogens is 362 g/mol. The minimum atomic E-state index is 0.109. The van der Waals surface area contributed by atoms with Gasteiger partial charge in [-0.2, -0.15) is 0 Å². The standard InChI is InChI=1S/C21H20ClN3O2/c22-17-5-3-4-16(12-17)19-13-24-20(27-19)14-23-18-8-6-15(7-9-18)21(26)25-10-1-2-11-25/h3-9,12-13,23H,1-2,10-11,14H2. The lowest BCUT2D eigenvalue weighted by Crippen LogP contribution is -2.27. The summed E-state index contributed by atoms with van der Waals surface area (Å²) in [6.45, 7) is 2.18. The molecule has 1 aliphatic rings. The monoisotopic (exact) mass is 381 g/mol. The Balaban J connectivity index is 1.37. The molecule has 2 aromatic carbocycles. The summed E-state index contributed by atoms with van der Waals surface area (Å²) in [7, 11) is 0. The molecule has 1 aliphatic heterocycles. The Morgan fingerprint density at radius 3 is 2.67 bits per heavy atom. The van der Waals surface area contributed by atoms with E-state index in [1.54, 1.807) is 6.20 Å². The lowest BCUT2D eigenvalue weighted by atomic mass is 10.2. The summed E-state index contributed by atoms with van der Waals surface area (Å²) in [5.41, 5.74) is 2.53. The van der Waals surface area contributed by atoms with E-state index in [0.29, 0.717) is 23.2 Å². The first-order valence-electron chi connectivity index (χ1n) is 9.03. The SMILES string of the molecule is O=C(c1ccc(NCc2ncc(-c3cccc(Cl)c3)o2)cc1)N1CCCC1. The number of nitrogens with zero attached hydrogens (tertiary/aromatic N) is 2. The van der Waals surface area contributed by atoms with Gasteiger partial charge in [0.2, 0.25) is 5.89 Å². The first kappa shape index (κ1) is 17.6. The predicted molar refractivity (Wildman–Crippen MR) is 106 cm³/mol. The van der Waals surface area contributed by atoms with Crippen molar-refractivity contribution < 1.29 is 9.21 Å². The summed E-state index contributed by atoms with van der Waals surface area (Å²) >= 11 is 6.02. The number of oxazole rings is 1. The van der Waals surface area contributed by atoms with Crippen LogP contribution in [-0.2, 0) is 6.54 Å². The van der Waals surface area contributed by atoms with Crippen molar-refractivity contribution in [2.45, 2.75) is 19.4 Å². The number of benzene rings is 2. The van der Waals surface area contributed by atoms with E-state index in [2.05, 4.69) is 10.3 Å². The van der Waals surface area contributed by atoms with Crippen molar-refractivity contribution in [1.29, 1.82) is 0 Å². The fourth-order valence-corrected chi connectivity index (χ4v) is 3.37. The molecule has 1 aromatic heterocycles. The lowest BCUT2D eigenvalue weighted by Gasteiger charge is -2.15. The summed E-state index contributed by atoms with van der Waals surface area (Å²) in [5, 5.41) is 3.92. The number of aromatic nitrogens is 1. The zero-order valence-corrected chi connectivity index (χ0v) is 15.6. The Bertz CT molecular complexity index is 931. The van der Waals surface area contributed by atoms with Gasteiger partial charge in [-0.25, -0.2) is 4.98 Å². The van der Waals surface area contributed by atoms with Gasteiger partial charge in [-0.1, -0.05) is 23.7 Å². The fraction of sp³-hybridized carbons (Fsp3) is 0.238. The van der Waals surface area contributed by atoms with Gasteiger partial charge < -0.3 is 14.6 Å². The van der Waals surface area contributed by atoms with E-state index in [-0.39, 0.29) is 5.91 Å². The molecule has 27 heavy (non-hydrogen) atoms. The van der Waals surface area contributed by atoms with Gasteiger partial charge in [0.15, 0.2) is 5.76 Å². The zero-order chi connectivity index (χ0) is 18.6. The first-order chi connectivity index (χ1) is 13.2. The molecule has 1 saturated heterocycles. The van der Waals surface area contributed by atoms with Crippen molar-refractivity contribution in [3.63, 3.8) is 0 Å². The third-order valence-electron chi connectivity index (χ3n) is 4.63. The molecule has 1 amide bonds. The number of rotatable bonds is 5. The highest BCUT2D eigenvalue weighted by Crippen LogP contribution is 2.24. The van der Waals surface area contributed by atoms with Gasteiger partial charge in [-0.15, -0.1) is 0 Å². The molecule has 0 atom stereocenters. The number of hydrogen-bond acceptors (Lipinski definition) is 4. The lowest BCUT2D eigenvalue weighted by molar-refractivity contribution is 0.0793. The van der Waals surface area contributed by atoms with Crippen LogP contribution >= 0.6 is 11.6 Å². The van der Waals surface area contributed by atoms with Crippen LogP contribution in [0.3, 0.4) is 0 Å². The van der Waals surface area contributed by atoms with Gasteiger partial charge in [-0.3, -0.25) is 4.79 Å². The van der Waals surface area contributed by atoms with Crippen LogP contribution in [0.4, 0.5) is 5.69 Å². The Morgan fingerprint density at radius 2 is 1.93 bits per heavy atom. The second-order valence-electron chi connectivity index (χ2n) is 6.56. The van der Waals surface area contributed by atoms with E-state index >= 15 is 0 Å². The molecule has 6 heteroatoms. The van der Waals surface area contributed by atoms with Crippen molar-refractivity contribution in [3.05, 3.63) is 71.2 Å². The molecule has 0 spiro atoms. The van der Waals surface area contributed by atoms with E-state index in [1.807, 2.05) is 53.4 Å². The van der Waals surface area contributed by atoms with Gasteiger partial charge in [0.1, 0.15) is 0 Å². The van der Waals surface area contributed by atoms with Gasteiger partial charge in [0, 0.05) is 34.9 Å². The van der Waals surface area contributed by atoms with Crippen LogP contribution in [0.15, 0.2) is 59.1 Å². The minimum absolute atomic E-state index is 0.109. The summed E-state index contributed by atoms with van der Waals surface area (Å²) in [4.78, 5) is 18.6. The summed E-state index contributed by atoms with van der Waals surface area (Å²) in [6, 6.07) is 15.0. The number of likely N-dealkylation sites (tertiary alicyclic amines) is 1. The van der Waals surface area contributed by atoms with E-state index in [0.717, 1.165) is 42.7 Å². The van der Waals surface area contributed by atoms with Crippen molar-refractivity contribution in [1.82, 2.24) is 9.88 Å². The molecule has 4 rings (SSSR count). The molecular formula is C21H20ClN3O2. The smallest absolute Gasteiger partial charge is 0.253 e. The summed E-state index contributed by atoms with van der Waals surface area (Å²) in [5.74, 6) is 1.38. The van der Waals surface area contributed by atoms with Crippen LogP contribution in [0.1, 0.15) is 29.1 Å². The Labute approximate surface area is 163 Å². The molecule has 1 fully saturated rings. The summed E-state index contributed by atoms with van der Waals surface area (Å²) in [6.07, 6.45) is 3.89. The third-order valence-corrected chi connectivity index (χ3v) is 4.87. The van der Waals surface area contributed by atoms with Gasteiger partial charge in [0.25, 0.3) is 5.91 Å². The van der Waals surface area contributed by atoms with Crippen LogP contribution in [0.2, 0.25) is 5.02 Å². The van der Waals surface area contributed by atoms with Crippen LogP contribution in [-0.4, -0.2) is 28.9 Å². The van der Waals surface area contributed by atoms with Gasteiger partial charge >= 0.3 is 0 Å². The van der Waals surface area contributed by atoms with E-state index < -0.39 is 0 Å². The highest BCUT2D eigenvalue weighted by Gasteiger charge is 2.19. The topological polar surface area (TPSA) is 58.4 Å². The van der Waals surface area contributed by atoms with Gasteiger partial charge in [-0.05, 0) is 49.2 Å². The quantitative estimate of drug-likeness (QED) is 0.686. The number of anilines is 1. The van der Waals surface area contributed by atoms with Crippen LogP contribution in [0.5, 0.6) is 0 Å². The minimum Gasteiger partial charge on any atom is -0.439 e. The number of carbonyl (C=O) groups excluding carboxylic acids is 1. The number of hydrogen-bond donors (Lipinski definition) is 1. The maximum absolute atomic E-state index is 12.4. The Kier molecular flexibility index (Phi) is 5.12. The highest BCUT2D eigenvalue weighted by molar-refractivity contribution is 6.30. The second kappa shape index (κ2) is 7.84. The molecule has 5 nitrogen and oxygen atoms in total. The maximum atomic E-state index is 12.4. The van der Waals surface area contributed by atoms with Gasteiger partial charge in [0.05, 0.1) is 12.7 Å². The largest absolute Gasteiger partial charge is 0.439 e. The number of carbonyl (C=O) groups is 1. The van der Waals surface area contributed by atoms with E-state index in [4.69, 9.17) is 16.0 Å². The normalized spacial score (nSPS) is 13.7. The molecule has 0 radical (unpaired) electrons. The van der Waals surface area contributed by atoms with Crippen molar-refractivity contribution in [2.24, 2.45) is 0 Å². The van der Waals surface area contributed by atoms with Crippen molar-refractivity contribution >= 4 is 23.2 Å². The molecule has 2 heterocycles. The molecule has 138 valence electrons. The molecule has 0 aliphatic carbocycles. The van der Waals surface area contributed by atoms with Crippen LogP contribution in [0, 0.1) is 0 Å². The second-order valence-corrected chi connectivity index (χ2v) is 7.00. The molecule has 3 aromatic rings. The average Bonchev–Trinajstić information content (AvgIpc) is 3.38. The fourth-order valence-electron chi connectivity index (χ4n) is 3.18. The Hall–Kier alpha value is -2.79. The first-order valence-corrected chi connectivity index (χ1v) is 9.41. The van der Waals surface area contributed by atoms with Crippen molar-refractivity contribution in [2.75, 3.05) is 18.4 Å². The van der Waals surface area contributed by atoms with Crippen LogP contribution < -0.4 is 5.32 Å². The highest BCUT2D eigenvalue weighted by atomic mass is 35.5. The van der Waals surface area contributed by atoms with Crippen molar-refractivity contribution in [3.8, 4) is 11.3 Å². The molecule has 1 N–H and O–H groups in total. The van der Waals surface area contributed by atoms with E-state index in [9.17, 15) is 4.79 Å². The Morgan fingerprint density at radius 1 is 1.15 bits per heavy atom. The third kappa shape index (κ3) is 4.14. The molecule has 0 bridgehead atoms. The number of halogens is 1. The average molecular weight is 382 g/mol. The van der Waals surface area contributed by atoms with Crippen LogP contribution in [0.25, 0.3) is 11.3 Å². The summed E-state index contributed by atoms with van der Waals surface area (Å²) < 4.78 is 5.78. The molecule has 0 saturated carbocycles. The maximum Gasteiger partial charge on any atom is 0.253 e. The predicted octanol–water partition coefficient (Wildman–Crippen LogP) is 4.84. The zero-order valence-electron chi connectivity index (χ0n) is 14.8. The van der Waals surface area contributed by atoms with E-state index in [1.165, 1.54) is 0 Å². The molecule has 0 unspecified atom stereocenters.